The van der Waals surface area contributed by atoms with Crippen LogP contribution in [0.25, 0.3) is 10.1 Å². The fourth-order valence-electron chi connectivity index (χ4n) is 3.37. The third kappa shape index (κ3) is 4.98. The van der Waals surface area contributed by atoms with Crippen LogP contribution in [0.15, 0.2) is 72.8 Å². The van der Waals surface area contributed by atoms with Gasteiger partial charge in [-0.05, 0) is 60.6 Å². The first-order chi connectivity index (χ1) is 15.1. The molecule has 2 N–H and O–H groups in total. The minimum atomic E-state index is -0.277. The number of aromatic nitrogens is 1. The number of carbonyl (C=O) groups excluding carboxylic acids is 2. The van der Waals surface area contributed by atoms with Crippen molar-refractivity contribution < 1.29 is 9.59 Å². The molecular formula is C25H23N3O2S. The average molecular weight is 430 g/mol. The quantitative estimate of drug-likeness (QED) is 0.396. The summed E-state index contributed by atoms with van der Waals surface area (Å²) in [6, 6.07) is 23.2. The Morgan fingerprint density at radius 1 is 0.935 bits per heavy atom. The number of fused-ring (bicyclic) bond motifs is 1. The minimum Gasteiger partial charge on any atom is -0.352 e. The first-order valence-corrected chi connectivity index (χ1v) is 11.0. The highest BCUT2D eigenvalue weighted by molar-refractivity contribution is 7.13. The smallest absolute Gasteiger partial charge is 0.276 e. The SMILES string of the molecule is Cc1ccc(C(=O)NCCCc2ccccc2)cc1NC(=O)c1nsc2ccccc12. The van der Waals surface area contributed by atoms with E-state index in [-0.39, 0.29) is 11.8 Å². The van der Waals surface area contributed by atoms with E-state index in [1.54, 1.807) is 12.1 Å². The number of nitrogens with one attached hydrogen (secondary N) is 2. The van der Waals surface area contributed by atoms with Crippen LogP contribution in [0.4, 0.5) is 5.69 Å². The van der Waals surface area contributed by atoms with Crippen molar-refractivity contribution in [3.8, 4) is 0 Å². The Bertz CT molecular complexity index is 1220. The molecule has 0 aliphatic carbocycles. The van der Waals surface area contributed by atoms with Gasteiger partial charge in [0.15, 0.2) is 0 Å². The summed E-state index contributed by atoms with van der Waals surface area (Å²) in [4.78, 5) is 25.4. The Kier molecular flexibility index (Phi) is 6.38. The highest BCUT2D eigenvalue weighted by Gasteiger charge is 2.16. The minimum absolute atomic E-state index is 0.150. The number of rotatable bonds is 7. The molecule has 0 saturated heterocycles. The molecule has 0 aliphatic heterocycles. The molecule has 0 unspecified atom stereocenters. The number of amides is 2. The van der Waals surface area contributed by atoms with Crippen molar-refractivity contribution in [2.24, 2.45) is 0 Å². The van der Waals surface area contributed by atoms with Gasteiger partial charge in [-0.15, -0.1) is 0 Å². The van der Waals surface area contributed by atoms with Crippen LogP contribution in [0.3, 0.4) is 0 Å². The summed E-state index contributed by atoms with van der Waals surface area (Å²) in [5.41, 5.74) is 3.67. The van der Waals surface area contributed by atoms with E-state index in [9.17, 15) is 9.59 Å². The molecule has 31 heavy (non-hydrogen) atoms. The van der Waals surface area contributed by atoms with Crippen molar-refractivity contribution in [1.82, 2.24) is 9.69 Å². The van der Waals surface area contributed by atoms with E-state index in [1.165, 1.54) is 17.1 Å². The Labute approximate surface area is 185 Å². The molecule has 0 saturated carbocycles. The monoisotopic (exact) mass is 429 g/mol. The lowest BCUT2D eigenvalue weighted by atomic mass is 10.1. The first-order valence-electron chi connectivity index (χ1n) is 10.2. The van der Waals surface area contributed by atoms with Gasteiger partial charge in [-0.2, -0.15) is 4.37 Å². The molecule has 4 rings (SSSR count). The van der Waals surface area contributed by atoms with Gasteiger partial charge >= 0.3 is 0 Å². The summed E-state index contributed by atoms with van der Waals surface area (Å²) in [6.07, 6.45) is 1.78. The maximum atomic E-state index is 12.8. The molecule has 5 nitrogen and oxygen atoms in total. The molecule has 0 fully saturated rings. The largest absolute Gasteiger partial charge is 0.352 e. The van der Waals surface area contributed by atoms with E-state index < -0.39 is 0 Å². The standard InChI is InChI=1S/C25H23N3O2S/c1-17-13-14-19(24(29)26-15-7-10-18-8-3-2-4-9-18)16-21(17)27-25(30)23-20-11-5-6-12-22(20)31-28-23/h2-6,8-9,11-14,16H,7,10,15H2,1H3,(H,26,29)(H,27,30). The van der Waals surface area contributed by atoms with E-state index in [2.05, 4.69) is 27.1 Å². The van der Waals surface area contributed by atoms with Crippen LogP contribution in [-0.2, 0) is 6.42 Å². The number of aryl methyl sites for hydroxylation is 2. The summed E-state index contributed by atoms with van der Waals surface area (Å²) in [5, 5.41) is 6.70. The van der Waals surface area contributed by atoms with E-state index in [0.717, 1.165) is 28.5 Å². The maximum Gasteiger partial charge on any atom is 0.276 e. The van der Waals surface area contributed by atoms with Crippen LogP contribution in [0.5, 0.6) is 0 Å². The second-order valence-corrected chi connectivity index (χ2v) is 8.16. The highest BCUT2D eigenvalue weighted by Crippen LogP contribution is 2.24. The molecule has 1 heterocycles. The van der Waals surface area contributed by atoms with Crippen molar-refractivity contribution in [3.05, 3.63) is 95.2 Å². The summed E-state index contributed by atoms with van der Waals surface area (Å²) in [6.45, 7) is 2.49. The molecule has 3 aromatic carbocycles. The van der Waals surface area contributed by atoms with Crippen molar-refractivity contribution >= 4 is 39.1 Å². The van der Waals surface area contributed by atoms with E-state index in [0.29, 0.717) is 23.5 Å². The van der Waals surface area contributed by atoms with E-state index in [4.69, 9.17) is 0 Å². The van der Waals surface area contributed by atoms with Crippen LogP contribution in [0.2, 0.25) is 0 Å². The highest BCUT2D eigenvalue weighted by atomic mass is 32.1. The topological polar surface area (TPSA) is 71.1 Å². The molecule has 0 aliphatic rings. The lowest BCUT2D eigenvalue weighted by Gasteiger charge is -2.11. The number of benzene rings is 3. The first kappa shape index (κ1) is 20.8. The van der Waals surface area contributed by atoms with Gasteiger partial charge in [0.25, 0.3) is 11.8 Å². The molecular weight excluding hydrogens is 406 g/mol. The molecule has 4 aromatic rings. The van der Waals surface area contributed by atoms with Gasteiger partial charge in [0.2, 0.25) is 0 Å². The maximum absolute atomic E-state index is 12.8. The van der Waals surface area contributed by atoms with Crippen molar-refractivity contribution in [1.29, 1.82) is 0 Å². The third-order valence-electron chi connectivity index (χ3n) is 5.11. The number of carbonyl (C=O) groups is 2. The van der Waals surface area contributed by atoms with E-state index >= 15 is 0 Å². The van der Waals surface area contributed by atoms with Gasteiger partial charge in [-0.25, -0.2) is 0 Å². The fourth-order valence-corrected chi connectivity index (χ4v) is 4.14. The number of hydrogen-bond acceptors (Lipinski definition) is 4. The predicted octanol–water partition coefficient (Wildman–Crippen LogP) is 5.22. The Morgan fingerprint density at radius 2 is 1.71 bits per heavy atom. The number of nitrogens with zero attached hydrogens (tertiary/aromatic N) is 1. The molecule has 156 valence electrons. The lowest BCUT2D eigenvalue weighted by Crippen LogP contribution is -2.25. The Morgan fingerprint density at radius 3 is 2.55 bits per heavy atom. The van der Waals surface area contributed by atoms with Gasteiger partial charge in [-0.3, -0.25) is 9.59 Å². The van der Waals surface area contributed by atoms with Crippen LogP contribution >= 0.6 is 11.5 Å². The van der Waals surface area contributed by atoms with Crippen LogP contribution in [0, 0.1) is 6.92 Å². The van der Waals surface area contributed by atoms with Gasteiger partial charge in [0, 0.05) is 23.2 Å². The van der Waals surface area contributed by atoms with E-state index in [1.807, 2.05) is 55.5 Å². The molecule has 0 radical (unpaired) electrons. The second-order valence-electron chi connectivity index (χ2n) is 7.36. The molecule has 0 spiro atoms. The van der Waals surface area contributed by atoms with Crippen LogP contribution < -0.4 is 10.6 Å². The van der Waals surface area contributed by atoms with Crippen LogP contribution in [-0.4, -0.2) is 22.7 Å². The Balaban J connectivity index is 1.39. The predicted molar refractivity (Wildman–Crippen MR) is 126 cm³/mol. The van der Waals surface area contributed by atoms with Gasteiger partial charge in [0.05, 0.1) is 4.70 Å². The average Bonchev–Trinajstić information content (AvgIpc) is 3.23. The van der Waals surface area contributed by atoms with Gasteiger partial charge < -0.3 is 10.6 Å². The molecule has 0 atom stereocenters. The second kappa shape index (κ2) is 9.53. The van der Waals surface area contributed by atoms with Crippen LogP contribution in [0.1, 0.15) is 38.4 Å². The summed E-state index contributed by atoms with van der Waals surface area (Å²) in [5.74, 6) is -0.427. The number of hydrogen-bond donors (Lipinski definition) is 2. The Hall–Kier alpha value is -3.51. The fraction of sp³-hybridized carbons (Fsp3) is 0.160. The summed E-state index contributed by atoms with van der Waals surface area (Å²) >= 11 is 1.30. The lowest BCUT2D eigenvalue weighted by molar-refractivity contribution is 0.0951. The summed E-state index contributed by atoms with van der Waals surface area (Å²) < 4.78 is 5.27. The van der Waals surface area contributed by atoms with Gasteiger partial charge in [0.1, 0.15) is 5.69 Å². The zero-order chi connectivity index (χ0) is 21.6. The molecule has 0 bridgehead atoms. The zero-order valence-corrected chi connectivity index (χ0v) is 18.0. The van der Waals surface area contributed by atoms with Crippen molar-refractivity contribution in [3.63, 3.8) is 0 Å². The summed E-state index contributed by atoms with van der Waals surface area (Å²) in [7, 11) is 0. The number of anilines is 1. The molecule has 2 amide bonds. The molecule has 6 heteroatoms. The third-order valence-corrected chi connectivity index (χ3v) is 5.94. The van der Waals surface area contributed by atoms with Crippen molar-refractivity contribution in [2.45, 2.75) is 19.8 Å². The molecule has 1 aromatic heterocycles. The normalized spacial score (nSPS) is 10.7. The zero-order valence-electron chi connectivity index (χ0n) is 17.2. The van der Waals surface area contributed by atoms with Crippen molar-refractivity contribution in [2.75, 3.05) is 11.9 Å². The van der Waals surface area contributed by atoms with Gasteiger partial charge in [-0.1, -0.05) is 54.6 Å².